The number of anilines is 1. The molecule has 22 heavy (non-hydrogen) atoms. The van der Waals surface area contributed by atoms with Crippen molar-refractivity contribution in [2.24, 2.45) is 0 Å². The molecule has 3 N–H and O–H groups in total. The summed E-state index contributed by atoms with van der Waals surface area (Å²) in [6, 6.07) is 11.6. The molecule has 0 aromatic heterocycles. The molecule has 2 aromatic rings. The minimum Gasteiger partial charge on any atom is -0.507 e. The van der Waals surface area contributed by atoms with Crippen LogP contribution in [0, 0.1) is 0 Å². The van der Waals surface area contributed by atoms with Crippen LogP contribution in [0.2, 0.25) is 0 Å². The molecule has 0 bridgehead atoms. The van der Waals surface area contributed by atoms with E-state index >= 15 is 0 Å². The minimum atomic E-state index is -0.405. The number of carbonyl (C=O) groups excluding carboxylic acids is 2. The maximum absolute atomic E-state index is 12.1. The van der Waals surface area contributed by atoms with E-state index in [1.165, 1.54) is 6.07 Å². The zero-order chi connectivity index (χ0) is 16.1. The molecule has 0 saturated heterocycles. The Balaban J connectivity index is 2.08. The van der Waals surface area contributed by atoms with Crippen molar-refractivity contribution in [3.8, 4) is 5.75 Å². The van der Waals surface area contributed by atoms with E-state index in [-0.39, 0.29) is 23.6 Å². The Kier molecular flexibility index (Phi) is 5.16. The van der Waals surface area contributed by atoms with Crippen LogP contribution in [0.15, 0.2) is 46.9 Å². The molecule has 114 valence electrons. The molecular weight excluding hydrogens is 348 g/mol. The molecule has 0 radical (unpaired) electrons. The lowest BCUT2D eigenvalue weighted by molar-refractivity contribution is -0.119. The summed E-state index contributed by atoms with van der Waals surface area (Å²) >= 11 is 3.26. The Morgan fingerprint density at radius 3 is 2.45 bits per heavy atom. The number of carbonyl (C=O) groups is 2. The Labute approximate surface area is 136 Å². The number of hydrogen-bond acceptors (Lipinski definition) is 3. The highest BCUT2D eigenvalue weighted by atomic mass is 79.9. The van der Waals surface area contributed by atoms with E-state index < -0.39 is 5.91 Å². The van der Waals surface area contributed by atoms with Crippen LogP contribution >= 0.6 is 15.9 Å². The summed E-state index contributed by atoms with van der Waals surface area (Å²) in [5.74, 6) is -0.564. The third-order valence-electron chi connectivity index (χ3n) is 3.06. The Bertz CT molecular complexity index is 699. The molecule has 0 heterocycles. The SMILES string of the molecule is CNC(=O)Cc1ccc(NC(=O)c2cc(Br)ccc2O)cc1. The molecule has 2 amide bonds. The van der Waals surface area contributed by atoms with Gasteiger partial charge in [-0.25, -0.2) is 0 Å². The monoisotopic (exact) mass is 362 g/mol. The van der Waals surface area contributed by atoms with Crippen molar-refractivity contribution in [1.29, 1.82) is 0 Å². The van der Waals surface area contributed by atoms with Gasteiger partial charge in [0.15, 0.2) is 0 Å². The molecule has 0 unspecified atom stereocenters. The summed E-state index contributed by atoms with van der Waals surface area (Å²) in [7, 11) is 1.58. The van der Waals surface area contributed by atoms with E-state index in [0.29, 0.717) is 10.2 Å². The molecule has 0 aliphatic heterocycles. The van der Waals surface area contributed by atoms with Crippen molar-refractivity contribution in [2.45, 2.75) is 6.42 Å². The summed E-state index contributed by atoms with van der Waals surface area (Å²) in [6.07, 6.45) is 0.289. The maximum atomic E-state index is 12.1. The smallest absolute Gasteiger partial charge is 0.259 e. The highest BCUT2D eigenvalue weighted by Gasteiger charge is 2.12. The van der Waals surface area contributed by atoms with Gasteiger partial charge < -0.3 is 15.7 Å². The van der Waals surface area contributed by atoms with E-state index in [1.807, 2.05) is 0 Å². The van der Waals surface area contributed by atoms with Gasteiger partial charge in [-0.3, -0.25) is 9.59 Å². The van der Waals surface area contributed by atoms with Gasteiger partial charge in [-0.05, 0) is 35.9 Å². The quantitative estimate of drug-likeness (QED) is 0.782. The third kappa shape index (κ3) is 4.08. The summed E-state index contributed by atoms with van der Waals surface area (Å²) in [5, 5.41) is 15.0. The van der Waals surface area contributed by atoms with Crippen LogP contribution in [0.4, 0.5) is 5.69 Å². The van der Waals surface area contributed by atoms with Crippen LogP contribution in [0.5, 0.6) is 5.75 Å². The molecule has 0 aliphatic carbocycles. The summed E-state index contributed by atoms with van der Waals surface area (Å²) in [4.78, 5) is 23.4. The van der Waals surface area contributed by atoms with Crippen molar-refractivity contribution < 1.29 is 14.7 Å². The Morgan fingerprint density at radius 2 is 1.82 bits per heavy atom. The molecular formula is C16H15BrN2O3. The normalized spacial score (nSPS) is 10.1. The van der Waals surface area contributed by atoms with Gasteiger partial charge in [-0.1, -0.05) is 28.1 Å². The average molecular weight is 363 g/mol. The number of halogens is 1. The average Bonchev–Trinajstić information content (AvgIpc) is 2.51. The van der Waals surface area contributed by atoms with Crippen molar-refractivity contribution in [3.63, 3.8) is 0 Å². The standard InChI is InChI=1S/C16H15BrN2O3/c1-18-15(21)8-10-2-5-12(6-3-10)19-16(22)13-9-11(17)4-7-14(13)20/h2-7,9,20H,8H2,1H3,(H,18,21)(H,19,22). The zero-order valence-electron chi connectivity index (χ0n) is 11.9. The predicted molar refractivity (Wildman–Crippen MR) is 88.0 cm³/mol. The van der Waals surface area contributed by atoms with Crippen LogP contribution in [-0.4, -0.2) is 24.0 Å². The first-order valence-electron chi connectivity index (χ1n) is 6.59. The number of phenols is 1. The number of hydrogen-bond donors (Lipinski definition) is 3. The first kappa shape index (κ1) is 16.0. The van der Waals surface area contributed by atoms with Crippen molar-refractivity contribution in [3.05, 3.63) is 58.1 Å². The fraction of sp³-hybridized carbons (Fsp3) is 0.125. The Morgan fingerprint density at radius 1 is 1.14 bits per heavy atom. The molecule has 2 aromatic carbocycles. The summed E-state index contributed by atoms with van der Waals surface area (Å²) in [5.41, 5.74) is 1.62. The van der Waals surface area contributed by atoms with Gasteiger partial charge in [-0.15, -0.1) is 0 Å². The second kappa shape index (κ2) is 7.09. The third-order valence-corrected chi connectivity index (χ3v) is 3.55. The highest BCUT2D eigenvalue weighted by Crippen LogP contribution is 2.23. The van der Waals surface area contributed by atoms with E-state index in [0.717, 1.165) is 5.56 Å². The second-order valence-corrected chi connectivity index (χ2v) is 5.58. The maximum Gasteiger partial charge on any atom is 0.259 e. The number of nitrogens with one attached hydrogen (secondary N) is 2. The number of benzene rings is 2. The lowest BCUT2D eigenvalue weighted by atomic mass is 10.1. The molecule has 6 heteroatoms. The van der Waals surface area contributed by atoms with E-state index in [1.54, 1.807) is 43.4 Å². The second-order valence-electron chi connectivity index (χ2n) is 4.66. The van der Waals surface area contributed by atoms with Gasteiger partial charge in [-0.2, -0.15) is 0 Å². The minimum absolute atomic E-state index is 0.0733. The van der Waals surface area contributed by atoms with Gasteiger partial charge in [0.05, 0.1) is 12.0 Å². The topological polar surface area (TPSA) is 78.4 Å². The molecule has 5 nitrogen and oxygen atoms in total. The van der Waals surface area contributed by atoms with Crippen LogP contribution in [0.25, 0.3) is 0 Å². The number of phenolic OH excluding ortho intramolecular Hbond substituents is 1. The van der Waals surface area contributed by atoms with E-state index in [4.69, 9.17) is 0 Å². The van der Waals surface area contributed by atoms with Crippen molar-refractivity contribution in [1.82, 2.24) is 5.32 Å². The number of aromatic hydroxyl groups is 1. The van der Waals surface area contributed by atoms with Crippen LogP contribution in [0.3, 0.4) is 0 Å². The lowest BCUT2D eigenvalue weighted by Gasteiger charge is -2.08. The summed E-state index contributed by atoms with van der Waals surface area (Å²) in [6.45, 7) is 0. The van der Waals surface area contributed by atoms with Crippen molar-refractivity contribution in [2.75, 3.05) is 12.4 Å². The lowest BCUT2D eigenvalue weighted by Crippen LogP contribution is -2.19. The number of rotatable bonds is 4. The molecule has 2 rings (SSSR count). The van der Waals surface area contributed by atoms with Crippen molar-refractivity contribution >= 4 is 33.4 Å². The first-order chi connectivity index (χ1) is 10.5. The van der Waals surface area contributed by atoms with Crippen LogP contribution in [0.1, 0.15) is 15.9 Å². The van der Waals surface area contributed by atoms with Gasteiger partial charge in [0, 0.05) is 17.2 Å². The Hall–Kier alpha value is -2.34. The first-order valence-corrected chi connectivity index (χ1v) is 7.38. The molecule has 0 spiro atoms. The molecule has 0 atom stereocenters. The summed E-state index contributed by atoms with van der Waals surface area (Å²) < 4.78 is 0.705. The number of amides is 2. The number of likely N-dealkylation sites (N-methyl/N-ethyl adjacent to an activating group) is 1. The fourth-order valence-electron chi connectivity index (χ4n) is 1.87. The van der Waals surface area contributed by atoms with E-state index in [9.17, 15) is 14.7 Å². The van der Waals surface area contributed by atoms with Gasteiger partial charge in [0.1, 0.15) is 5.75 Å². The molecule has 0 saturated carbocycles. The zero-order valence-corrected chi connectivity index (χ0v) is 13.5. The highest BCUT2D eigenvalue weighted by molar-refractivity contribution is 9.10. The largest absolute Gasteiger partial charge is 0.507 e. The van der Waals surface area contributed by atoms with Gasteiger partial charge in [0.25, 0.3) is 5.91 Å². The van der Waals surface area contributed by atoms with Crippen LogP contribution < -0.4 is 10.6 Å². The molecule has 0 fully saturated rings. The predicted octanol–water partition coefficient (Wildman–Crippen LogP) is 2.70. The van der Waals surface area contributed by atoms with Gasteiger partial charge >= 0.3 is 0 Å². The van der Waals surface area contributed by atoms with E-state index in [2.05, 4.69) is 26.6 Å². The molecule has 0 aliphatic rings. The van der Waals surface area contributed by atoms with Crippen LogP contribution in [-0.2, 0) is 11.2 Å². The van der Waals surface area contributed by atoms with Gasteiger partial charge in [0.2, 0.25) is 5.91 Å². The fourth-order valence-corrected chi connectivity index (χ4v) is 2.23.